The van der Waals surface area contributed by atoms with Crippen LogP contribution in [0.4, 0.5) is 0 Å². The van der Waals surface area contributed by atoms with Crippen LogP contribution in [0.3, 0.4) is 0 Å². The second kappa shape index (κ2) is 4.41. The highest BCUT2D eigenvalue weighted by atomic mass is 32.2. The lowest BCUT2D eigenvalue weighted by molar-refractivity contribution is 0.585. The molecule has 3 heterocycles. The van der Waals surface area contributed by atoms with E-state index in [1.54, 1.807) is 0 Å². The second-order valence-corrected chi connectivity index (χ2v) is 5.91. The van der Waals surface area contributed by atoms with Crippen molar-refractivity contribution in [3.05, 3.63) is 17.2 Å². The van der Waals surface area contributed by atoms with E-state index < -0.39 is 0 Å². The molecule has 0 aliphatic carbocycles. The van der Waals surface area contributed by atoms with Crippen molar-refractivity contribution in [1.82, 2.24) is 14.9 Å². The quantitative estimate of drug-likeness (QED) is 0.806. The summed E-state index contributed by atoms with van der Waals surface area (Å²) in [5, 5.41) is 3.40. The van der Waals surface area contributed by atoms with Crippen molar-refractivity contribution in [2.75, 3.05) is 18.1 Å². The van der Waals surface area contributed by atoms with Gasteiger partial charge in [0.05, 0.1) is 5.69 Å². The molecule has 1 aromatic rings. The molecule has 1 saturated heterocycles. The standard InChI is InChI=1S/C12H19N3S/c1-15-11-4-5-13-7-10(11)14-12(15)9-3-2-6-16-8-9/h9,13H,2-8H2,1H3. The summed E-state index contributed by atoms with van der Waals surface area (Å²) in [5.74, 6) is 4.62. The number of fused-ring (bicyclic) bond motifs is 1. The summed E-state index contributed by atoms with van der Waals surface area (Å²) in [7, 11) is 2.20. The molecule has 1 N–H and O–H groups in total. The molecule has 3 rings (SSSR count). The van der Waals surface area contributed by atoms with E-state index in [1.165, 1.54) is 41.6 Å². The Labute approximate surface area is 101 Å². The first-order valence-corrected chi connectivity index (χ1v) is 7.34. The molecule has 0 radical (unpaired) electrons. The van der Waals surface area contributed by atoms with E-state index in [-0.39, 0.29) is 0 Å². The number of rotatable bonds is 1. The molecule has 2 aliphatic heterocycles. The average molecular weight is 237 g/mol. The third-order valence-corrected chi connectivity index (χ3v) is 4.90. The SMILES string of the molecule is Cn1c(C2CCCSC2)nc2c1CCNC2. The summed E-state index contributed by atoms with van der Waals surface area (Å²) in [6.07, 6.45) is 3.81. The first-order valence-electron chi connectivity index (χ1n) is 6.19. The summed E-state index contributed by atoms with van der Waals surface area (Å²) >= 11 is 2.08. The maximum absolute atomic E-state index is 4.86. The lowest BCUT2D eigenvalue weighted by Gasteiger charge is -2.21. The molecule has 1 atom stereocenters. The minimum absolute atomic E-state index is 0.689. The van der Waals surface area contributed by atoms with Gasteiger partial charge >= 0.3 is 0 Å². The largest absolute Gasteiger partial charge is 0.334 e. The highest BCUT2D eigenvalue weighted by Gasteiger charge is 2.24. The van der Waals surface area contributed by atoms with E-state index in [0.29, 0.717) is 5.92 Å². The lowest BCUT2D eigenvalue weighted by Crippen LogP contribution is -2.24. The van der Waals surface area contributed by atoms with Gasteiger partial charge in [0.25, 0.3) is 0 Å². The molecular weight excluding hydrogens is 218 g/mol. The topological polar surface area (TPSA) is 29.9 Å². The Kier molecular flexibility index (Phi) is 2.94. The van der Waals surface area contributed by atoms with E-state index in [2.05, 4.69) is 28.7 Å². The molecular formula is C12H19N3S. The van der Waals surface area contributed by atoms with Crippen LogP contribution < -0.4 is 5.32 Å². The molecule has 0 bridgehead atoms. The van der Waals surface area contributed by atoms with Crippen LogP contribution in [-0.4, -0.2) is 27.6 Å². The van der Waals surface area contributed by atoms with Gasteiger partial charge < -0.3 is 9.88 Å². The smallest absolute Gasteiger partial charge is 0.112 e. The van der Waals surface area contributed by atoms with Gasteiger partial charge in [0.1, 0.15) is 5.82 Å². The number of aromatic nitrogens is 2. The normalized spacial score (nSPS) is 25.4. The molecule has 2 aliphatic rings. The third kappa shape index (κ3) is 1.78. The predicted molar refractivity (Wildman–Crippen MR) is 67.9 cm³/mol. The zero-order chi connectivity index (χ0) is 11.0. The zero-order valence-corrected chi connectivity index (χ0v) is 10.6. The molecule has 0 aromatic carbocycles. The Morgan fingerprint density at radius 1 is 1.50 bits per heavy atom. The Morgan fingerprint density at radius 3 is 3.19 bits per heavy atom. The molecule has 1 aromatic heterocycles. The van der Waals surface area contributed by atoms with E-state index >= 15 is 0 Å². The Balaban J connectivity index is 1.91. The van der Waals surface area contributed by atoms with Gasteiger partial charge in [0, 0.05) is 43.9 Å². The predicted octanol–water partition coefficient (Wildman–Crippen LogP) is 1.68. The molecule has 0 saturated carbocycles. The van der Waals surface area contributed by atoms with E-state index in [0.717, 1.165) is 19.5 Å². The van der Waals surface area contributed by atoms with Crippen molar-refractivity contribution in [3.63, 3.8) is 0 Å². The van der Waals surface area contributed by atoms with Crippen LogP contribution in [0.15, 0.2) is 0 Å². The average Bonchev–Trinajstić information content (AvgIpc) is 2.69. The third-order valence-electron chi connectivity index (χ3n) is 3.69. The Bertz CT molecular complexity index is 380. The summed E-state index contributed by atoms with van der Waals surface area (Å²) in [4.78, 5) is 4.86. The molecule has 16 heavy (non-hydrogen) atoms. The molecule has 0 amide bonds. The fourth-order valence-corrected chi connectivity index (χ4v) is 3.92. The number of hydrogen-bond donors (Lipinski definition) is 1. The second-order valence-electron chi connectivity index (χ2n) is 4.76. The fourth-order valence-electron chi connectivity index (χ4n) is 2.79. The van der Waals surface area contributed by atoms with Gasteiger partial charge in [-0.15, -0.1) is 0 Å². The van der Waals surface area contributed by atoms with Crippen molar-refractivity contribution < 1.29 is 0 Å². The van der Waals surface area contributed by atoms with Crippen LogP contribution in [-0.2, 0) is 20.0 Å². The minimum atomic E-state index is 0.689. The van der Waals surface area contributed by atoms with Crippen molar-refractivity contribution in [1.29, 1.82) is 0 Å². The van der Waals surface area contributed by atoms with Gasteiger partial charge in [-0.2, -0.15) is 11.8 Å². The minimum Gasteiger partial charge on any atom is -0.334 e. The number of hydrogen-bond acceptors (Lipinski definition) is 3. The summed E-state index contributed by atoms with van der Waals surface area (Å²) in [5.41, 5.74) is 2.75. The van der Waals surface area contributed by atoms with E-state index in [4.69, 9.17) is 4.98 Å². The van der Waals surface area contributed by atoms with Gasteiger partial charge in [-0.25, -0.2) is 4.98 Å². The van der Waals surface area contributed by atoms with Crippen LogP contribution in [0.2, 0.25) is 0 Å². The van der Waals surface area contributed by atoms with Crippen LogP contribution in [0, 0.1) is 0 Å². The van der Waals surface area contributed by atoms with Crippen molar-refractivity contribution in [2.45, 2.75) is 31.7 Å². The van der Waals surface area contributed by atoms with E-state index in [9.17, 15) is 0 Å². The summed E-state index contributed by atoms with van der Waals surface area (Å²) < 4.78 is 2.37. The maximum Gasteiger partial charge on any atom is 0.112 e. The van der Waals surface area contributed by atoms with Gasteiger partial charge in [0.2, 0.25) is 0 Å². The highest BCUT2D eigenvalue weighted by Crippen LogP contribution is 2.31. The molecule has 0 spiro atoms. The van der Waals surface area contributed by atoms with E-state index in [1.807, 2.05) is 0 Å². The molecule has 1 unspecified atom stereocenters. The number of thioether (sulfide) groups is 1. The molecule has 1 fully saturated rings. The first-order chi connectivity index (χ1) is 7.86. The van der Waals surface area contributed by atoms with Crippen LogP contribution >= 0.6 is 11.8 Å². The molecule has 3 nitrogen and oxygen atoms in total. The number of nitrogens with zero attached hydrogens (tertiary/aromatic N) is 2. The fraction of sp³-hybridized carbons (Fsp3) is 0.750. The number of nitrogens with one attached hydrogen (secondary N) is 1. The van der Waals surface area contributed by atoms with Gasteiger partial charge in [-0.05, 0) is 18.6 Å². The Morgan fingerprint density at radius 2 is 2.44 bits per heavy atom. The van der Waals surface area contributed by atoms with Crippen molar-refractivity contribution in [2.24, 2.45) is 7.05 Å². The van der Waals surface area contributed by atoms with Gasteiger partial charge in [-0.3, -0.25) is 0 Å². The monoisotopic (exact) mass is 237 g/mol. The van der Waals surface area contributed by atoms with Crippen molar-refractivity contribution in [3.8, 4) is 0 Å². The highest BCUT2D eigenvalue weighted by molar-refractivity contribution is 7.99. The molecule has 4 heteroatoms. The van der Waals surface area contributed by atoms with Gasteiger partial charge in [-0.1, -0.05) is 0 Å². The summed E-state index contributed by atoms with van der Waals surface area (Å²) in [6, 6.07) is 0. The summed E-state index contributed by atoms with van der Waals surface area (Å²) in [6.45, 7) is 2.06. The maximum atomic E-state index is 4.86. The van der Waals surface area contributed by atoms with Crippen LogP contribution in [0.1, 0.15) is 36.0 Å². The van der Waals surface area contributed by atoms with Crippen LogP contribution in [0.5, 0.6) is 0 Å². The number of imidazole rings is 1. The van der Waals surface area contributed by atoms with Crippen molar-refractivity contribution >= 4 is 11.8 Å². The molecule has 88 valence electrons. The van der Waals surface area contributed by atoms with Crippen LogP contribution in [0.25, 0.3) is 0 Å². The first kappa shape index (κ1) is 10.7. The lowest BCUT2D eigenvalue weighted by atomic mass is 10.0. The zero-order valence-electron chi connectivity index (χ0n) is 9.83. The van der Waals surface area contributed by atoms with Gasteiger partial charge in [0.15, 0.2) is 0 Å². The Hall–Kier alpha value is -0.480.